The Kier molecular flexibility index (Phi) is 6.40. The van der Waals surface area contributed by atoms with Crippen LogP contribution < -0.4 is 5.32 Å². The van der Waals surface area contributed by atoms with Crippen molar-refractivity contribution in [2.24, 2.45) is 0 Å². The van der Waals surface area contributed by atoms with Crippen LogP contribution in [-0.2, 0) is 18.4 Å². The molecule has 0 spiro atoms. The summed E-state index contributed by atoms with van der Waals surface area (Å²) >= 11 is 0. The fourth-order valence-electron chi connectivity index (χ4n) is 0.737. The van der Waals surface area contributed by atoms with E-state index in [0.29, 0.717) is 0 Å². The van der Waals surface area contributed by atoms with E-state index in [9.17, 15) is 13.9 Å². The van der Waals surface area contributed by atoms with Gasteiger partial charge in [0.05, 0.1) is 18.9 Å². The van der Waals surface area contributed by atoms with Gasteiger partial charge in [0.25, 0.3) is 0 Å². The first-order valence-corrected chi connectivity index (χ1v) is 7.94. The van der Waals surface area contributed by atoms with Crippen molar-refractivity contribution in [3.05, 3.63) is 0 Å². The van der Waals surface area contributed by atoms with Gasteiger partial charge in [-0.1, -0.05) is 0 Å². The van der Waals surface area contributed by atoms with E-state index < -0.39 is 27.5 Å². The molecule has 8 nitrogen and oxygen atoms in total. The van der Waals surface area contributed by atoms with Crippen LogP contribution in [0.3, 0.4) is 0 Å². The van der Waals surface area contributed by atoms with E-state index in [2.05, 4.69) is 9.84 Å². The van der Waals surface area contributed by atoms with Gasteiger partial charge in [0.1, 0.15) is 0 Å². The van der Waals surface area contributed by atoms with Gasteiger partial charge in [0.2, 0.25) is 5.91 Å². The van der Waals surface area contributed by atoms with E-state index in [1.165, 1.54) is 6.92 Å². The third-order valence-electron chi connectivity index (χ3n) is 1.44. The number of hydrogen-bond donors (Lipinski definition) is 4. The molecule has 0 saturated carbocycles. The summed E-state index contributed by atoms with van der Waals surface area (Å²) in [6, 6.07) is 0. The standard InChI is InChI=1S/C6H15NO7P2/c1-6(8)7-2-3-14-16(12,13)5-4-15(9,10)11/h2-5H2,1H3,(H,7,8)(H,12,13)(H2,9,10,11). The second-order valence-electron chi connectivity index (χ2n) is 3.07. The van der Waals surface area contributed by atoms with Gasteiger partial charge in [-0.25, -0.2) is 0 Å². The normalized spacial score (nSPS) is 15.5. The van der Waals surface area contributed by atoms with E-state index in [4.69, 9.17) is 14.7 Å². The first kappa shape index (κ1) is 15.8. The van der Waals surface area contributed by atoms with Crippen LogP contribution >= 0.6 is 15.2 Å². The molecule has 0 aromatic rings. The summed E-state index contributed by atoms with van der Waals surface area (Å²) in [5.74, 6) is -0.299. The van der Waals surface area contributed by atoms with Crippen molar-refractivity contribution in [1.29, 1.82) is 0 Å². The molecular weight excluding hydrogens is 260 g/mol. The number of nitrogens with one attached hydrogen (secondary N) is 1. The van der Waals surface area contributed by atoms with Gasteiger partial charge in [-0.3, -0.25) is 13.9 Å². The lowest BCUT2D eigenvalue weighted by Crippen LogP contribution is -2.24. The molecule has 96 valence electrons. The minimum Gasteiger partial charge on any atom is -0.354 e. The summed E-state index contributed by atoms with van der Waals surface area (Å²) in [4.78, 5) is 36.5. The SMILES string of the molecule is CC(=O)NCCOP(=O)(O)CCP(=O)(O)O. The molecule has 0 aromatic heterocycles. The number of amides is 1. The lowest BCUT2D eigenvalue weighted by molar-refractivity contribution is -0.119. The van der Waals surface area contributed by atoms with Crippen LogP contribution in [-0.4, -0.2) is 46.1 Å². The Balaban J connectivity index is 3.83. The van der Waals surface area contributed by atoms with Crippen molar-refractivity contribution in [3.63, 3.8) is 0 Å². The molecule has 1 atom stereocenters. The summed E-state index contributed by atoms with van der Waals surface area (Å²) < 4.78 is 26.2. The minimum atomic E-state index is -4.30. The third kappa shape index (κ3) is 10.3. The Bertz CT molecular complexity index is 325. The highest BCUT2D eigenvalue weighted by molar-refractivity contribution is 7.56. The highest BCUT2D eigenvalue weighted by Crippen LogP contribution is 2.46. The van der Waals surface area contributed by atoms with Crippen molar-refractivity contribution in [2.75, 3.05) is 25.5 Å². The Morgan fingerprint density at radius 2 is 1.81 bits per heavy atom. The zero-order valence-corrected chi connectivity index (χ0v) is 10.5. The van der Waals surface area contributed by atoms with Crippen molar-refractivity contribution < 1.29 is 33.1 Å². The van der Waals surface area contributed by atoms with Gasteiger partial charge in [0, 0.05) is 13.5 Å². The highest BCUT2D eigenvalue weighted by atomic mass is 31.2. The Hall–Kier alpha value is -0.230. The maximum absolute atomic E-state index is 11.2. The van der Waals surface area contributed by atoms with Gasteiger partial charge < -0.3 is 24.5 Å². The molecule has 0 radical (unpaired) electrons. The molecule has 1 amide bonds. The number of carbonyl (C=O) groups excluding carboxylic acids is 1. The second-order valence-corrected chi connectivity index (χ2v) is 6.82. The maximum Gasteiger partial charge on any atom is 0.328 e. The Labute approximate surface area is 92.7 Å². The van der Waals surface area contributed by atoms with Crippen LogP contribution in [0.4, 0.5) is 0 Å². The van der Waals surface area contributed by atoms with E-state index in [1.807, 2.05) is 0 Å². The summed E-state index contributed by atoms with van der Waals surface area (Å²) in [7, 11) is -8.29. The lowest BCUT2D eigenvalue weighted by Gasteiger charge is -2.12. The Morgan fingerprint density at radius 3 is 2.25 bits per heavy atom. The van der Waals surface area contributed by atoms with Gasteiger partial charge in [-0.05, 0) is 0 Å². The molecule has 1 unspecified atom stereocenters. The maximum atomic E-state index is 11.2. The molecule has 0 saturated heterocycles. The monoisotopic (exact) mass is 275 g/mol. The van der Waals surface area contributed by atoms with Gasteiger partial charge in [-0.2, -0.15) is 0 Å². The van der Waals surface area contributed by atoms with Crippen molar-refractivity contribution in [2.45, 2.75) is 6.92 Å². The summed E-state index contributed by atoms with van der Waals surface area (Å²) in [5.41, 5.74) is 0. The van der Waals surface area contributed by atoms with Crippen LogP contribution in [0.15, 0.2) is 0 Å². The molecule has 0 fully saturated rings. The molecule has 0 bridgehead atoms. The average molecular weight is 275 g/mol. The van der Waals surface area contributed by atoms with Crippen molar-refractivity contribution in [3.8, 4) is 0 Å². The quantitative estimate of drug-likeness (QED) is 0.363. The molecule has 0 aliphatic carbocycles. The lowest BCUT2D eigenvalue weighted by atomic mass is 10.6. The second kappa shape index (κ2) is 6.49. The van der Waals surface area contributed by atoms with Gasteiger partial charge in [0.15, 0.2) is 0 Å². The molecule has 0 rings (SSSR count). The van der Waals surface area contributed by atoms with E-state index in [1.54, 1.807) is 0 Å². The number of rotatable bonds is 7. The Morgan fingerprint density at radius 1 is 1.25 bits per heavy atom. The van der Waals surface area contributed by atoms with Crippen LogP contribution in [0.5, 0.6) is 0 Å². The zero-order chi connectivity index (χ0) is 12.8. The first-order chi connectivity index (χ1) is 7.12. The van der Waals surface area contributed by atoms with E-state index in [0.717, 1.165) is 0 Å². The minimum absolute atomic E-state index is 0.0653. The predicted molar refractivity (Wildman–Crippen MR) is 56.2 cm³/mol. The van der Waals surface area contributed by atoms with E-state index >= 15 is 0 Å². The molecule has 0 aliphatic heterocycles. The summed E-state index contributed by atoms with van der Waals surface area (Å²) in [6.07, 6.45) is -1.32. The average Bonchev–Trinajstić information content (AvgIpc) is 2.08. The molecular formula is C6H15NO7P2. The smallest absolute Gasteiger partial charge is 0.328 e. The number of carbonyl (C=O) groups is 1. The topological polar surface area (TPSA) is 133 Å². The number of hydrogen-bond acceptors (Lipinski definition) is 4. The molecule has 4 N–H and O–H groups in total. The molecule has 0 aromatic carbocycles. The van der Waals surface area contributed by atoms with Crippen LogP contribution in [0, 0.1) is 0 Å². The molecule has 10 heteroatoms. The zero-order valence-electron chi connectivity index (χ0n) is 8.70. The van der Waals surface area contributed by atoms with Crippen LogP contribution in [0.25, 0.3) is 0 Å². The predicted octanol–water partition coefficient (Wildman–Crippen LogP) is -0.498. The van der Waals surface area contributed by atoms with E-state index in [-0.39, 0.29) is 19.1 Å². The van der Waals surface area contributed by atoms with Gasteiger partial charge >= 0.3 is 15.2 Å². The fraction of sp³-hybridized carbons (Fsp3) is 0.833. The summed E-state index contributed by atoms with van der Waals surface area (Å²) in [5, 5.41) is 2.34. The molecule has 16 heavy (non-hydrogen) atoms. The fourth-order valence-corrected chi connectivity index (χ4v) is 3.30. The van der Waals surface area contributed by atoms with Gasteiger partial charge in [-0.15, -0.1) is 0 Å². The first-order valence-electron chi connectivity index (χ1n) is 4.38. The molecule has 0 heterocycles. The third-order valence-corrected chi connectivity index (χ3v) is 3.98. The summed E-state index contributed by atoms with van der Waals surface area (Å²) in [6.45, 7) is 1.16. The van der Waals surface area contributed by atoms with Crippen molar-refractivity contribution in [1.82, 2.24) is 5.32 Å². The van der Waals surface area contributed by atoms with Crippen LogP contribution in [0.1, 0.15) is 6.92 Å². The molecule has 0 aliphatic rings. The van der Waals surface area contributed by atoms with Crippen LogP contribution in [0.2, 0.25) is 0 Å². The van der Waals surface area contributed by atoms with Crippen molar-refractivity contribution >= 4 is 21.1 Å². The highest BCUT2D eigenvalue weighted by Gasteiger charge is 2.24. The largest absolute Gasteiger partial charge is 0.354 e.